The van der Waals surface area contributed by atoms with Gasteiger partial charge in [-0.05, 0) is 32.6 Å². The lowest BCUT2D eigenvalue weighted by Gasteiger charge is -2.36. The molecule has 29 heavy (non-hydrogen) atoms. The lowest BCUT2D eigenvalue weighted by Crippen LogP contribution is -2.56. The van der Waals surface area contributed by atoms with Crippen LogP contribution in [-0.4, -0.2) is 54.9 Å². The fourth-order valence-electron chi connectivity index (χ4n) is 5.45. The smallest absolute Gasteiger partial charge is 0.333 e. The van der Waals surface area contributed by atoms with E-state index in [1.54, 1.807) is 6.92 Å². The van der Waals surface area contributed by atoms with Crippen molar-refractivity contribution in [3.8, 4) is 0 Å². The van der Waals surface area contributed by atoms with E-state index in [-0.39, 0.29) is 24.9 Å². The molecule has 0 radical (unpaired) electrons. The monoisotopic (exact) mass is 408 g/mol. The molecule has 2 aliphatic carbocycles. The minimum Gasteiger partial charge on any atom is -0.459 e. The fraction of sp³-hybridized carbons (Fsp3) is 0.864. The van der Waals surface area contributed by atoms with Gasteiger partial charge >= 0.3 is 5.97 Å². The molecule has 3 aliphatic heterocycles. The summed E-state index contributed by atoms with van der Waals surface area (Å²) in [6.45, 7) is 5.37. The Balaban J connectivity index is 1.36. The molecule has 5 rings (SSSR count). The van der Waals surface area contributed by atoms with E-state index in [1.807, 2.05) is 0 Å². The summed E-state index contributed by atoms with van der Waals surface area (Å²) in [4.78, 5) is 11.9. The molecule has 0 bridgehead atoms. The van der Waals surface area contributed by atoms with Crippen LogP contribution in [0.2, 0.25) is 0 Å². The van der Waals surface area contributed by atoms with Crippen LogP contribution in [0.15, 0.2) is 12.2 Å². The van der Waals surface area contributed by atoms with Gasteiger partial charge in [-0.1, -0.05) is 19.4 Å². The summed E-state index contributed by atoms with van der Waals surface area (Å²) in [5.41, 5.74) is 0.365. The Kier molecular flexibility index (Phi) is 5.23. The molecule has 7 nitrogen and oxygen atoms in total. The SMILES string of the molecule is C=C(C)C(=O)OC[C@H]1O[C@@H]2OC3(CCCCC3)O[C@@H]2[C@H]2OC3(CCCCC3)O[C@H]21. The molecule has 162 valence electrons. The zero-order valence-electron chi connectivity index (χ0n) is 17.2. The predicted octanol–water partition coefficient (Wildman–Crippen LogP) is 3.35. The minimum atomic E-state index is -0.576. The number of hydrogen-bond acceptors (Lipinski definition) is 7. The van der Waals surface area contributed by atoms with E-state index >= 15 is 0 Å². The summed E-state index contributed by atoms with van der Waals surface area (Å²) in [5.74, 6) is -1.58. The van der Waals surface area contributed by atoms with Crippen LogP contribution in [0.5, 0.6) is 0 Å². The molecule has 0 unspecified atom stereocenters. The first-order valence-electron chi connectivity index (χ1n) is 11.2. The van der Waals surface area contributed by atoms with Crippen molar-refractivity contribution in [3.05, 3.63) is 12.2 Å². The summed E-state index contributed by atoms with van der Waals surface area (Å²) < 4.78 is 37.5. The van der Waals surface area contributed by atoms with Crippen molar-refractivity contribution >= 4 is 5.97 Å². The highest BCUT2D eigenvalue weighted by molar-refractivity contribution is 5.86. The molecule has 5 atom stereocenters. The molecule has 7 heteroatoms. The van der Waals surface area contributed by atoms with Crippen LogP contribution in [0, 0.1) is 0 Å². The van der Waals surface area contributed by atoms with Gasteiger partial charge in [0.15, 0.2) is 17.9 Å². The Morgan fingerprint density at radius 3 is 2.03 bits per heavy atom. The van der Waals surface area contributed by atoms with Gasteiger partial charge in [-0.3, -0.25) is 0 Å². The first kappa shape index (κ1) is 19.9. The fourth-order valence-corrected chi connectivity index (χ4v) is 5.45. The van der Waals surface area contributed by atoms with Crippen LogP contribution in [0.4, 0.5) is 0 Å². The lowest BCUT2D eigenvalue weighted by molar-refractivity contribution is -0.255. The molecule has 2 saturated carbocycles. The van der Waals surface area contributed by atoms with E-state index in [1.165, 1.54) is 12.8 Å². The number of fused-ring (bicyclic) bond motifs is 3. The van der Waals surface area contributed by atoms with Crippen molar-refractivity contribution in [2.45, 2.75) is 113 Å². The second kappa shape index (κ2) is 7.61. The van der Waals surface area contributed by atoms with Crippen molar-refractivity contribution in [2.75, 3.05) is 6.61 Å². The summed E-state index contributed by atoms with van der Waals surface area (Å²) >= 11 is 0. The van der Waals surface area contributed by atoms with Crippen LogP contribution < -0.4 is 0 Å². The normalized spacial score (nSPS) is 39.8. The topological polar surface area (TPSA) is 72.5 Å². The van der Waals surface area contributed by atoms with Crippen molar-refractivity contribution < 1.29 is 33.2 Å². The van der Waals surface area contributed by atoms with Gasteiger partial charge in [0.05, 0.1) is 0 Å². The van der Waals surface area contributed by atoms with E-state index < -0.39 is 29.9 Å². The van der Waals surface area contributed by atoms with Gasteiger partial charge in [0.1, 0.15) is 31.0 Å². The molecule has 5 fully saturated rings. The number of ether oxygens (including phenoxy) is 6. The van der Waals surface area contributed by atoms with Crippen LogP contribution in [0.1, 0.15) is 71.1 Å². The highest BCUT2D eigenvalue weighted by atomic mass is 16.9. The third-order valence-corrected chi connectivity index (χ3v) is 6.93. The Morgan fingerprint density at radius 1 is 0.862 bits per heavy atom. The molecule has 0 N–H and O–H groups in total. The van der Waals surface area contributed by atoms with E-state index in [2.05, 4.69) is 6.58 Å². The number of carbonyl (C=O) groups is 1. The Bertz CT molecular complexity index is 650. The molecule has 5 aliphatic rings. The van der Waals surface area contributed by atoms with Crippen LogP contribution in [0.3, 0.4) is 0 Å². The highest BCUT2D eigenvalue weighted by Crippen LogP contribution is 2.50. The van der Waals surface area contributed by atoms with E-state index in [9.17, 15) is 4.79 Å². The quantitative estimate of drug-likeness (QED) is 0.524. The summed E-state index contributed by atoms with van der Waals surface area (Å²) in [6.07, 6.45) is 8.38. The first-order valence-corrected chi connectivity index (χ1v) is 11.2. The molecular formula is C22H32O7. The zero-order valence-corrected chi connectivity index (χ0v) is 17.2. The van der Waals surface area contributed by atoms with E-state index in [0.717, 1.165) is 51.4 Å². The third-order valence-electron chi connectivity index (χ3n) is 6.93. The van der Waals surface area contributed by atoms with Crippen molar-refractivity contribution in [1.82, 2.24) is 0 Å². The Labute approximate surface area is 172 Å². The molecule has 0 amide bonds. The van der Waals surface area contributed by atoms with E-state index in [4.69, 9.17) is 28.4 Å². The molecule has 3 heterocycles. The average molecular weight is 408 g/mol. The number of hydrogen-bond donors (Lipinski definition) is 0. The second-order valence-corrected chi connectivity index (χ2v) is 9.23. The van der Waals surface area contributed by atoms with Gasteiger partial charge in [-0.15, -0.1) is 0 Å². The van der Waals surface area contributed by atoms with Crippen LogP contribution in [-0.2, 0) is 33.2 Å². The number of carbonyl (C=O) groups excluding carboxylic acids is 1. The summed E-state index contributed by atoms with van der Waals surface area (Å²) in [5, 5.41) is 0. The van der Waals surface area contributed by atoms with E-state index in [0.29, 0.717) is 5.57 Å². The number of esters is 1. The summed E-state index contributed by atoms with van der Waals surface area (Å²) in [7, 11) is 0. The second-order valence-electron chi connectivity index (χ2n) is 9.23. The van der Waals surface area contributed by atoms with Gasteiger partial charge < -0.3 is 28.4 Å². The maximum Gasteiger partial charge on any atom is 0.333 e. The lowest BCUT2D eigenvalue weighted by atomic mass is 9.94. The minimum absolute atomic E-state index is 0.0892. The standard InChI is InChI=1S/C22H32O7/c1-14(2)19(23)24-13-15-16-17(27-21(26-16)9-5-3-6-10-21)18-20(25-15)29-22(28-18)11-7-4-8-12-22/h15-18,20H,1,3-13H2,2H3/t15-,16+,17+,18-,20-/m1/s1. The van der Waals surface area contributed by atoms with Crippen molar-refractivity contribution in [3.63, 3.8) is 0 Å². The van der Waals surface area contributed by atoms with Gasteiger partial charge in [0, 0.05) is 31.3 Å². The van der Waals surface area contributed by atoms with Gasteiger partial charge in [0.2, 0.25) is 0 Å². The average Bonchev–Trinajstić information content (AvgIpc) is 3.25. The van der Waals surface area contributed by atoms with Gasteiger partial charge in [0.25, 0.3) is 0 Å². The molecule has 0 aromatic carbocycles. The Hall–Kier alpha value is -0.990. The summed E-state index contributed by atoms with van der Waals surface area (Å²) in [6, 6.07) is 0. The molecular weight excluding hydrogens is 376 g/mol. The molecule has 2 spiro atoms. The maximum atomic E-state index is 11.9. The van der Waals surface area contributed by atoms with Crippen LogP contribution in [0.25, 0.3) is 0 Å². The first-order chi connectivity index (χ1) is 14.0. The maximum absolute atomic E-state index is 11.9. The van der Waals surface area contributed by atoms with Crippen molar-refractivity contribution in [2.24, 2.45) is 0 Å². The molecule has 0 aromatic rings. The van der Waals surface area contributed by atoms with Gasteiger partial charge in [-0.25, -0.2) is 4.79 Å². The van der Waals surface area contributed by atoms with Crippen molar-refractivity contribution in [1.29, 1.82) is 0 Å². The van der Waals surface area contributed by atoms with Gasteiger partial charge in [-0.2, -0.15) is 0 Å². The Morgan fingerprint density at radius 2 is 1.41 bits per heavy atom. The number of rotatable bonds is 3. The molecule has 3 saturated heterocycles. The largest absolute Gasteiger partial charge is 0.459 e. The third kappa shape index (κ3) is 3.65. The predicted molar refractivity (Wildman–Crippen MR) is 102 cm³/mol. The molecule has 0 aromatic heterocycles. The zero-order chi connectivity index (χ0) is 20.1. The highest BCUT2D eigenvalue weighted by Gasteiger charge is 2.64. The van der Waals surface area contributed by atoms with Crippen LogP contribution >= 0.6 is 0 Å².